The van der Waals surface area contributed by atoms with Gasteiger partial charge in [0, 0.05) is 11.3 Å². The van der Waals surface area contributed by atoms with Gasteiger partial charge in [0.05, 0.1) is 5.92 Å². The third kappa shape index (κ3) is 1.97. The molecule has 86 valence electrons. The van der Waals surface area contributed by atoms with E-state index in [4.69, 9.17) is 5.11 Å². The van der Waals surface area contributed by atoms with Crippen molar-refractivity contribution in [3.05, 3.63) is 21.7 Å². The first kappa shape index (κ1) is 11.2. The van der Waals surface area contributed by atoms with Gasteiger partial charge in [0.1, 0.15) is 5.03 Å². The zero-order chi connectivity index (χ0) is 11.7. The fourth-order valence-corrected chi connectivity index (χ4v) is 2.62. The molecule has 0 saturated heterocycles. The Balaban J connectivity index is 2.43. The van der Waals surface area contributed by atoms with Gasteiger partial charge in [0.15, 0.2) is 0 Å². The Morgan fingerprint density at radius 1 is 1.62 bits per heavy atom. The first-order valence-corrected chi connectivity index (χ1v) is 6.23. The summed E-state index contributed by atoms with van der Waals surface area (Å²) in [4.78, 5) is 28.7. The summed E-state index contributed by atoms with van der Waals surface area (Å²) in [6.45, 7) is 0. The molecule has 0 radical (unpaired) electrons. The van der Waals surface area contributed by atoms with Crippen LogP contribution in [-0.2, 0) is 17.6 Å². The van der Waals surface area contributed by atoms with Crippen LogP contribution in [0, 0.1) is 5.92 Å². The number of hydrogen-bond donors (Lipinski definition) is 2. The monoisotopic (exact) mass is 240 g/mol. The summed E-state index contributed by atoms with van der Waals surface area (Å²) in [5.41, 5.74) is 1.39. The van der Waals surface area contributed by atoms with E-state index in [0.717, 1.165) is 11.3 Å². The van der Waals surface area contributed by atoms with Crippen LogP contribution in [-0.4, -0.2) is 27.3 Å². The number of aliphatic carboxylic acids is 1. The summed E-state index contributed by atoms with van der Waals surface area (Å²) >= 11 is 1.39. The second-order valence-electron chi connectivity index (χ2n) is 3.79. The number of fused-ring (bicyclic) bond motifs is 1. The fourth-order valence-electron chi connectivity index (χ4n) is 1.99. The van der Waals surface area contributed by atoms with Gasteiger partial charge in [0.25, 0.3) is 0 Å². The molecule has 16 heavy (non-hydrogen) atoms. The van der Waals surface area contributed by atoms with E-state index >= 15 is 0 Å². The molecular formula is C10H12N2O3S. The molecule has 6 heteroatoms. The highest BCUT2D eigenvalue weighted by atomic mass is 32.2. The zero-order valence-electron chi connectivity index (χ0n) is 8.82. The molecule has 5 nitrogen and oxygen atoms in total. The van der Waals surface area contributed by atoms with Gasteiger partial charge in [-0.15, -0.1) is 11.8 Å². The van der Waals surface area contributed by atoms with Crippen LogP contribution in [0.4, 0.5) is 0 Å². The molecule has 1 aliphatic rings. The number of hydrogen-bond acceptors (Lipinski definition) is 4. The van der Waals surface area contributed by atoms with Gasteiger partial charge in [-0.2, -0.15) is 4.98 Å². The van der Waals surface area contributed by atoms with E-state index in [1.807, 2.05) is 6.26 Å². The Bertz CT molecular complexity index is 463. The van der Waals surface area contributed by atoms with E-state index in [9.17, 15) is 9.59 Å². The number of H-pyrrole nitrogens is 1. The van der Waals surface area contributed by atoms with Gasteiger partial charge in [-0.3, -0.25) is 4.79 Å². The van der Waals surface area contributed by atoms with Crippen LogP contribution in [0.5, 0.6) is 0 Å². The summed E-state index contributed by atoms with van der Waals surface area (Å²) in [5, 5.41) is 9.64. The predicted molar refractivity (Wildman–Crippen MR) is 59.8 cm³/mol. The molecule has 1 unspecified atom stereocenters. The van der Waals surface area contributed by atoms with Gasteiger partial charge >= 0.3 is 11.7 Å². The SMILES string of the molecule is CSc1nc(=O)[nH]c2c1CC(C(=O)O)CC2. The minimum atomic E-state index is -0.774. The highest BCUT2D eigenvalue weighted by Gasteiger charge is 2.27. The minimum Gasteiger partial charge on any atom is -0.481 e. The average Bonchev–Trinajstić information content (AvgIpc) is 2.27. The number of rotatable bonds is 2. The number of aromatic nitrogens is 2. The summed E-state index contributed by atoms with van der Waals surface area (Å²) in [6.07, 6.45) is 3.49. The molecule has 1 aliphatic carbocycles. The van der Waals surface area contributed by atoms with Crippen LogP contribution < -0.4 is 5.69 Å². The van der Waals surface area contributed by atoms with E-state index in [0.29, 0.717) is 24.3 Å². The zero-order valence-corrected chi connectivity index (χ0v) is 9.63. The molecule has 2 rings (SSSR count). The highest BCUT2D eigenvalue weighted by molar-refractivity contribution is 7.98. The summed E-state index contributed by atoms with van der Waals surface area (Å²) in [7, 11) is 0. The van der Waals surface area contributed by atoms with Crippen molar-refractivity contribution in [3.63, 3.8) is 0 Å². The van der Waals surface area contributed by atoms with Crippen LogP contribution in [0.1, 0.15) is 17.7 Å². The second-order valence-corrected chi connectivity index (χ2v) is 4.58. The largest absolute Gasteiger partial charge is 0.481 e. The number of carboxylic acids is 1. The number of thioether (sulfide) groups is 1. The molecule has 0 bridgehead atoms. The molecule has 0 saturated carbocycles. The lowest BCUT2D eigenvalue weighted by Crippen LogP contribution is -2.27. The predicted octanol–water partition coefficient (Wildman–Crippen LogP) is 0.681. The van der Waals surface area contributed by atoms with Crippen LogP contribution in [0.3, 0.4) is 0 Å². The Morgan fingerprint density at radius 2 is 2.38 bits per heavy atom. The lowest BCUT2D eigenvalue weighted by atomic mass is 9.87. The summed E-state index contributed by atoms with van der Waals surface area (Å²) in [6, 6.07) is 0. The van der Waals surface area contributed by atoms with Crippen molar-refractivity contribution in [2.75, 3.05) is 6.26 Å². The highest BCUT2D eigenvalue weighted by Crippen LogP contribution is 2.28. The lowest BCUT2D eigenvalue weighted by molar-refractivity contribution is -0.142. The molecule has 1 aromatic heterocycles. The van der Waals surface area contributed by atoms with Crippen molar-refractivity contribution >= 4 is 17.7 Å². The molecule has 0 aromatic carbocycles. The number of aromatic amines is 1. The van der Waals surface area contributed by atoms with Crippen molar-refractivity contribution in [2.45, 2.75) is 24.3 Å². The Kier molecular flexibility index (Phi) is 3.00. The lowest BCUT2D eigenvalue weighted by Gasteiger charge is -2.22. The van der Waals surface area contributed by atoms with Crippen LogP contribution in [0.2, 0.25) is 0 Å². The van der Waals surface area contributed by atoms with Crippen molar-refractivity contribution < 1.29 is 9.90 Å². The normalized spacial score (nSPS) is 19.2. The number of carboxylic acid groups (broad SMARTS) is 1. The van der Waals surface area contributed by atoms with Gasteiger partial charge < -0.3 is 10.1 Å². The second kappa shape index (κ2) is 4.29. The van der Waals surface area contributed by atoms with E-state index < -0.39 is 5.97 Å². The maximum atomic E-state index is 11.2. The molecule has 0 amide bonds. The maximum absolute atomic E-state index is 11.2. The first-order chi connectivity index (χ1) is 7.61. The van der Waals surface area contributed by atoms with Crippen molar-refractivity contribution in [1.82, 2.24) is 9.97 Å². The number of nitrogens with one attached hydrogen (secondary N) is 1. The molecule has 1 aromatic rings. The molecule has 1 atom stereocenters. The van der Waals surface area contributed by atoms with Crippen molar-refractivity contribution in [2.24, 2.45) is 5.92 Å². The minimum absolute atomic E-state index is 0.350. The first-order valence-electron chi connectivity index (χ1n) is 5.00. The standard InChI is InChI=1S/C10H12N2O3S/c1-16-8-6-4-5(9(13)14)2-3-7(6)11-10(15)12-8/h5H,2-4H2,1H3,(H,13,14)(H,11,12,15). The van der Waals surface area contributed by atoms with Crippen molar-refractivity contribution in [3.8, 4) is 0 Å². The molecule has 1 heterocycles. The number of nitrogens with zero attached hydrogens (tertiary/aromatic N) is 1. The Hall–Kier alpha value is -1.30. The number of aryl methyl sites for hydroxylation is 1. The van der Waals surface area contributed by atoms with Crippen LogP contribution >= 0.6 is 11.8 Å². The fraction of sp³-hybridized carbons (Fsp3) is 0.500. The Labute approximate surface area is 96.3 Å². The van der Waals surface area contributed by atoms with Gasteiger partial charge in [-0.25, -0.2) is 4.79 Å². The smallest absolute Gasteiger partial charge is 0.346 e. The van der Waals surface area contributed by atoms with Gasteiger partial charge in [0.2, 0.25) is 0 Å². The van der Waals surface area contributed by atoms with E-state index in [2.05, 4.69) is 9.97 Å². The molecule has 2 N–H and O–H groups in total. The molecule has 0 fully saturated rings. The molecular weight excluding hydrogens is 228 g/mol. The Morgan fingerprint density at radius 3 is 3.00 bits per heavy atom. The average molecular weight is 240 g/mol. The third-order valence-electron chi connectivity index (χ3n) is 2.82. The van der Waals surface area contributed by atoms with E-state index in [1.54, 1.807) is 0 Å². The van der Waals surface area contributed by atoms with Gasteiger partial charge in [-0.05, 0) is 25.5 Å². The van der Waals surface area contributed by atoms with Crippen LogP contribution in [0.25, 0.3) is 0 Å². The van der Waals surface area contributed by atoms with Crippen LogP contribution in [0.15, 0.2) is 9.82 Å². The topological polar surface area (TPSA) is 83.0 Å². The van der Waals surface area contributed by atoms with Crippen molar-refractivity contribution in [1.29, 1.82) is 0 Å². The summed E-state index contributed by atoms with van der Waals surface area (Å²) in [5.74, 6) is -1.13. The molecule has 0 aliphatic heterocycles. The van der Waals surface area contributed by atoms with Gasteiger partial charge in [-0.1, -0.05) is 0 Å². The van der Waals surface area contributed by atoms with E-state index in [1.165, 1.54) is 11.8 Å². The van der Waals surface area contributed by atoms with E-state index in [-0.39, 0.29) is 11.6 Å². The quantitative estimate of drug-likeness (QED) is 0.586. The summed E-state index contributed by atoms with van der Waals surface area (Å²) < 4.78 is 0. The molecule has 0 spiro atoms. The third-order valence-corrected chi connectivity index (χ3v) is 3.54. The maximum Gasteiger partial charge on any atom is 0.346 e. The number of carbonyl (C=O) groups is 1.